The van der Waals surface area contributed by atoms with Crippen molar-refractivity contribution in [1.29, 1.82) is 0 Å². The summed E-state index contributed by atoms with van der Waals surface area (Å²) in [5, 5.41) is 10.7. The smallest absolute Gasteiger partial charge is 0.225 e. The molecule has 1 saturated carbocycles. The fraction of sp³-hybridized carbons (Fsp3) is 0.667. The monoisotopic (exact) mass is 343 g/mol. The summed E-state index contributed by atoms with van der Waals surface area (Å²) in [6, 6.07) is 4.12. The number of fused-ring (bicyclic) bond motifs is 1. The van der Waals surface area contributed by atoms with Gasteiger partial charge in [0.15, 0.2) is 0 Å². The van der Waals surface area contributed by atoms with Crippen LogP contribution in [0.3, 0.4) is 0 Å². The SMILES string of the molecule is Cc1cc2c(cc1C)[C@@H](O)CC1(CCN(C(=O)C3CCCC3)CC1)O2. The summed E-state index contributed by atoms with van der Waals surface area (Å²) in [5.41, 5.74) is 2.98. The number of hydrogen-bond donors (Lipinski definition) is 1. The van der Waals surface area contributed by atoms with Crippen LogP contribution in [0.15, 0.2) is 12.1 Å². The van der Waals surface area contributed by atoms with Crippen LogP contribution < -0.4 is 4.74 Å². The first-order valence-electron chi connectivity index (χ1n) is 9.74. The van der Waals surface area contributed by atoms with Crippen LogP contribution in [0.5, 0.6) is 5.75 Å². The van der Waals surface area contributed by atoms with Gasteiger partial charge in [0.2, 0.25) is 5.91 Å². The second kappa shape index (κ2) is 6.31. The molecule has 1 aromatic rings. The van der Waals surface area contributed by atoms with Crippen LogP contribution in [0, 0.1) is 19.8 Å². The molecule has 1 N–H and O–H groups in total. The molecule has 0 unspecified atom stereocenters. The van der Waals surface area contributed by atoms with Crippen molar-refractivity contribution in [1.82, 2.24) is 4.90 Å². The second-order valence-corrected chi connectivity index (χ2v) is 8.29. The summed E-state index contributed by atoms with van der Waals surface area (Å²) in [6.45, 7) is 5.65. The van der Waals surface area contributed by atoms with Gasteiger partial charge >= 0.3 is 0 Å². The molecular weight excluding hydrogens is 314 g/mol. The van der Waals surface area contributed by atoms with Crippen LogP contribution >= 0.6 is 0 Å². The molecule has 1 amide bonds. The molecule has 1 aliphatic carbocycles. The first kappa shape index (κ1) is 16.9. The van der Waals surface area contributed by atoms with E-state index in [0.717, 1.165) is 50.1 Å². The van der Waals surface area contributed by atoms with Gasteiger partial charge in [0.05, 0.1) is 6.10 Å². The predicted octanol–water partition coefficient (Wildman–Crippen LogP) is 3.67. The Labute approximate surface area is 150 Å². The van der Waals surface area contributed by atoms with Crippen molar-refractivity contribution < 1.29 is 14.6 Å². The van der Waals surface area contributed by atoms with Gasteiger partial charge in [0.1, 0.15) is 11.4 Å². The van der Waals surface area contributed by atoms with E-state index in [2.05, 4.69) is 26.0 Å². The molecule has 136 valence electrons. The van der Waals surface area contributed by atoms with E-state index in [1.165, 1.54) is 24.0 Å². The molecule has 2 fully saturated rings. The topological polar surface area (TPSA) is 49.8 Å². The van der Waals surface area contributed by atoms with Crippen LogP contribution in [-0.4, -0.2) is 34.6 Å². The highest BCUT2D eigenvalue weighted by Gasteiger charge is 2.44. The van der Waals surface area contributed by atoms with E-state index in [-0.39, 0.29) is 11.5 Å². The number of ether oxygens (including phenoxy) is 1. The molecule has 1 aromatic carbocycles. The van der Waals surface area contributed by atoms with E-state index >= 15 is 0 Å². The van der Waals surface area contributed by atoms with Gasteiger partial charge in [-0.2, -0.15) is 0 Å². The van der Waals surface area contributed by atoms with Gasteiger partial charge in [-0.15, -0.1) is 0 Å². The van der Waals surface area contributed by atoms with E-state index in [9.17, 15) is 9.90 Å². The maximum absolute atomic E-state index is 12.7. The lowest BCUT2D eigenvalue weighted by molar-refractivity contribution is -0.140. The predicted molar refractivity (Wildman–Crippen MR) is 96.6 cm³/mol. The number of nitrogens with zero attached hydrogens (tertiary/aromatic N) is 1. The fourth-order valence-corrected chi connectivity index (χ4v) is 4.77. The lowest BCUT2D eigenvalue weighted by Gasteiger charge is -2.46. The molecule has 1 spiro atoms. The Hall–Kier alpha value is -1.55. The highest BCUT2D eigenvalue weighted by atomic mass is 16.5. The van der Waals surface area contributed by atoms with Crippen molar-refractivity contribution in [2.45, 2.75) is 70.5 Å². The van der Waals surface area contributed by atoms with Crippen LogP contribution in [0.2, 0.25) is 0 Å². The van der Waals surface area contributed by atoms with E-state index in [1.807, 2.05) is 4.90 Å². The molecular formula is C21H29NO3. The number of rotatable bonds is 1. The number of amides is 1. The lowest BCUT2D eigenvalue weighted by Crippen LogP contribution is -2.52. The van der Waals surface area contributed by atoms with Crippen LogP contribution in [0.4, 0.5) is 0 Å². The third-order valence-corrected chi connectivity index (χ3v) is 6.57. The Morgan fingerprint density at radius 3 is 2.48 bits per heavy atom. The van der Waals surface area contributed by atoms with Gasteiger partial charge in [-0.25, -0.2) is 0 Å². The summed E-state index contributed by atoms with van der Waals surface area (Å²) in [4.78, 5) is 14.7. The molecule has 0 bridgehead atoms. The standard InChI is InChI=1S/C21H29NO3/c1-14-11-17-18(23)13-21(25-19(17)12-15(14)2)7-9-22(10-8-21)20(24)16-5-3-4-6-16/h11-12,16,18,23H,3-10,13H2,1-2H3/t18-/m0/s1. The van der Waals surface area contributed by atoms with Gasteiger partial charge < -0.3 is 14.7 Å². The Balaban J connectivity index is 1.47. The van der Waals surface area contributed by atoms with Crippen molar-refractivity contribution in [2.24, 2.45) is 5.92 Å². The molecule has 25 heavy (non-hydrogen) atoms. The number of likely N-dealkylation sites (tertiary alicyclic amines) is 1. The third-order valence-electron chi connectivity index (χ3n) is 6.57. The van der Waals surface area contributed by atoms with E-state index in [1.54, 1.807) is 0 Å². The largest absolute Gasteiger partial charge is 0.487 e. The van der Waals surface area contributed by atoms with E-state index < -0.39 is 6.10 Å². The van der Waals surface area contributed by atoms with Gasteiger partial charge in [-0.3, -0.25) is 4.79 Å². The van der Waals surface area contributed by atoms with Crippen molar-refractivity contribution >= 4 is 5.91 Å². The first-order valence-corrected chi connectivity index (χ1v) is 9.74. The average molecular weight is 343 g/mol. The van der Waals surface area contributed by atoms with Gasteiger partial charge in [0.25, 0.3) is 0 Å². The number of carbonyl (C=O) groups is 1. The molecule has 4 nitrogen and oxygen atoms in total. The van der Waals surface area contributed by atoms with Crippen molar-refractivity contribution in [3.05, 3.63) is 28.8 Å². The Morgan fingerprint density at radius 1 is 1.16 bits per heavy atom. The molecule has 0 aromatic heterocycles. The van der Waals surface area contributed by atoms with Gasteiger partial charge in [-0.1, -0.05) is 12.8 Å². The summed E-state index contributed by atoms with van der Waals surface area (Å²) in [6.07, 6.45) is 6.29. The summed E-state index contributed by atoms with van der Waals surface area (Å²) in [5.74, 6) is 1.42. The normalized spacial score (nSPS) is 25.7. The molecule has 2 aliphatic heterocycles. The molecule has 4 heteroatoms. The number of benzene rings is 1. The minimum Gasteiger partial charge on any atom is -0.487 e. The molecule has 4 rings (SSSR count). The molecule has 1 saturated heterocycles. The van der Waals surface area contributed by atoms with Crippen LogP contribution in [0.1, 0.15) is 67.7 Å². The number of piperidine rings is 1. The number of aliphatic hydroxyl groups excluding tert-OH is 1. The summed E-state index contributed by atoms with van der Waals surface area (Å²) >= 11 is 0. The molecule has 1 atom stereocenters. The summed E-state index contributed by atoms with van der Waals surface area (Å²) < 4.78 is 6.42. The minimum absolute atomic E-state index is 0.248. The van der Waals surface area contributed by atoms with E-state index in [0.29, 0.717) is 12.3 Å². The third kappa shape index (κ3) is 3.05. The maximum Gasteiger partial charge on any atom is 0.225 e. The Kier molecular flexibility index (Phi) is 4.27. The van der Waals surface area contributed by atoms with Crippen molar-refractivity contribution in [2.75, 3.05) is 13.1 Å². The molecule has 2 heterocycles. The average Bonchev–Trinajstić information content (AvgIpc) is 3.11. The number of carbonyl (C=O) groups excluding carboxylic acids is 1. The zero-order chi connectivity index (χ0) is 17.6. The van der Waals surface area contributed by atoms with Gasteiger partial charge in [0, 0.05) is 43.8 Å². The second-order valence-electron chi connectivity index (χ2n) is 8.29. The number of aryl methyl sites for hydroxylation is 2. The number of hydrogen-bond acceptors (Lipinski definition) is 3. The minimum atomic E-state index is -0.472. The van der Waals surface area contributed by atoms with Crippen LogP contribution in [0.25, 0.3) is 0 Å². The zero-order valence-corrected chi connectivity index (χ0v) is 15.4. The van der Waals surface area contributed by atoms with E-state index in [4.69, 9.17) is 4.74 Å². The summed E-state index contributed by atoms with van der Waals surface area (Å²) in [7, 11) is 0. The lowest BCUT2D eigenvalue weighted by atomic mass is 9.81. The number of aliphatic hydroxyl groups is 1. The maximum atomic E-state index is 12.7. The zero-order valence-electron chi connectivity index (χ0n) is 15.4. The van der Waals surface area contributed by atoms with Crippen molar-refractivity contribution in [3.63, 3.8) is 0 Å². The quantitative estimate of drug-likeness (QED) is 0.846. The first-order chi connectivity index (χ1) is 12.0. The fourth-order valence-electron chi connectivity index (χ4n) is 4.77. The van der Waals surface area contributed by atoms with Gasteiger partial charge in [-0.05, 0) is 49.9 Å². The van der Waals surface area contributed by atoms with Crippen LogP contribution in [-0.2, 0) is 4.79 Å². The molecule has 3 aliphatic rings. The highest BCUT2D eigenvalue weighted by Crippen LogP contribution is 2.45. The highest BCUT2D eigenvalue weighted by molar-refractivity contribution is 5.79. The van der Waals surface area contributed by atoms with Crippen molar-refractivity contribution in [3.8, 4) is 5.75 Å². The molecule has 0 radical (unpaired) electrons. The Bertz CT molecular complexity index is 670. The Morgan fingerprint density at radius 2 is 1.80 bits per heavy atom.